The maximum Gasteiger partial charge on any atom is 0.248 e. The average molecular weight is 351 g/mol. The number of piperidine rings is 1. The third kappa shape index (κ3) is 3.45. The van der Waals surface area contributed by atoms with E-state index in [1.54, 1.807) is 28.8 Å². The molecule has 26 heavy (non-hydrogen) atoms. The first-order valence-corrected chi connectivity index (χ1v) is 8.69. The van der Waals surface area contributed by atoms with Crippen LogP contribution in [0.3, 0.4) is 0 Å². The Balaban J connectivity index is 1.55. The van der Waals surface area contributed by atoms with Gasteiger partial charge >= 0.3 is 0 Å². The van der Waals surface area contributed by atoms with Crippen molar-refractivity contribution in [2.45, 2.75) is 18.9 Å². The van der Waals surface area contributed by atoms with Gasteiger partial charge in [0.2, 0.25) is 11.9 Å². The number of aromatic nitrogens is 3. The van der Waals surface area contributed by atoms with Crippen LogP contribution in [-0.4, -0.2) is 39.6 Å². The van der Waals surface area contributed by atoms with E-state index in [9.17, 15) is 4.79 Å². The van der Waals surface area contributed by atoms with Crippen molar-refractivity contribution in [2.75, 3.05) is 23.7 Å². The molecule has 1 atom stereocenters. The van der Waals surface area contributed by atoms with E-state index in [1.807, 2.05) is 18.2 Å². The number of primary amides is 1. The molecule has 4 rings (SSSR count). The van der Waals surface area contributed by atoms with Crippen LogP contribution in [0.5, 0.6) is 0 Å². The second kappa shape index (κ2) is 7.01. The molecule has 0 aliphatic carbocycles. The summed E-state index contributed by atoms with van der Waals surface area (Å²) in [4.78, 5) is 15.7. The summed E-state index contributed by atoms with van der Waals surface area (Å²) in [6.07, 6.45) is 2.30. The zero-order valence-electron chi connectivity index (χ0n) is 14.3. The van der Waals surface area contributed by atoms with Gasteiger partial charge < -0.3 is 21.7 Å². The van der Waals surface area contributed by atoms with Gasteiger partial charge in [0.15, 0.2) is 5.65 Å². The molecular weight excluding hydrogens is 330 g/mol. The summed E-state index contributed by atoms with van der Waals surface area (Å²) in [6, 6.07) is 13.2. The number of pyridine rings is 1. The summed E-state index contributed by atoms with van der Waals surface area (Å²) in [7, 11) is 0. The van der Waals surface area contributed by atoms with E-state index < -0.39 is 5.91 Å². The monoisotopic (exact) mass is 351 g/mol. The Bertz CT molecular complexity index is 913. The summed E-state index contributed by atoms with van der Waals surface area (Å²) >= 11 is 0. The van der Waals surface area contributed by atoms with Crippen LogP contribution in [0.1, 0.15) is 23.2 Å². The number of nitrogens with zero attached hydrogens (tertiary/aromatic N) is 3. The fourth-order valence-corrected chi connectivity index (χ4v) is 3.10. The highest BCUT2D eigenvalue weighted by Gasteiger charge is 2.15. The molecule has 1 saturated heterocycles. The molecule has 8 nitrogen and oxygen atoms in total. The molecule has 8 heteroatoms. The standard InChI is InChI=1S/C18H21N7O/c19-17(26)12-6-8-13(9-7-12)22-18-23-16-5-1-4-15(25(16)24-18)21-14-3-2-10-20-11-14/h1,4-9,14,20-21H,2-3,10-11H2,(H2,19,26)(H,22,24)/t14-/m1/s1. The fraction of sp³-hybridized carbons (Fsp3) is 0.278. The van der Waals surface area contributed by atoms with Crippen molar-refractivity contribution < 1.29 is 4.79 Å². The Morgan fingerprint density at radius 2 is 2.08 bits per heavy atom. The maximum absolute atomic E-state index is 11.2. The second-order valence-electron chi connectivity index (χ2n) is 6.37. The third-order valence-corrected chi connectivity index (χ3v) is 4.43. The Labute approximate surface area is 150 Å². The quantitative estimate of drug-likeness (QED) is 0.557. The Morgan fingerprint density at radius 3 is 2.81 bits per heavy atom. The minimum absolute atomic E-state index is 0.385. The van der Waals surface area contributed by atoms with Crippen molar-refractivity contribution in [2.24, 2.45) is 5.73 Å². The van der Waals surface area contributed by atoms with E-state index in [1.165, 1.54) is 6.42 Å². The van der Waals surface area contributed by atoms with E-state index in [0.29, 0.717) is 17.6 Å². The van der Waals surface area contributed by atoms with E-state index >= 15 is 0 Å². The summed E-state index contributed by atoms with van der Waals surface area (Å²) in [5.74, 6) is 0.962. The number of fused-ring (bicyclic) bond motifs is 1. The van der Waals surface area contributed by atoms with Crippen LogP contribution in [0.4, 0.5) is 17.5 Å². The molecule has 0 radical (unpaired) electrons. The first-order valence-electron chi connectivity index (χ1n) is 8.69. The Kier molecular flexibility index (Phi) is 4.40. The predicted molar refractivity (Wildman–Crippen MR) is 101 cm³/mol. The van der Waals surface area contributed by atoms with Crippen LogP contribution in [0.15, 0.2) is 42.5 Å². The number of hydrogen-bond acceptors (Lipinski definition) is 6. The molecule has 0 saturated carbocycles. The summed E-state index contributed by atoms with van der Waals surface area (Å²) in [5.41, 5.74) is 7.27. The largest absolute Gasteiger partial charge is 0.366 e. The summed E-state index contributed by atoms with van der Waals surface area (Å²) in [5, 5.41) is 14.6. The molecule has 1 aliphatic rings. The van der Waals surface area contributed by atoms with Crippen molar-refractivity contribution in [1.29, 1.82) is 0 Å². The van der Waals surface area contributed by atoms with Gasteiger partial charge in [-0.2, -0.15) is 9.50 Å². The van der Waals surface area contributed by atoms with Crippen molar-refractivity contribution >= 4 is 29.0 Å². The Morgan fingerprint density at radius 1 is 1.23 bits per heavy atom. The SMILES string of the molecule is NC(=O)c1ccc(Nc2nc3cccc(N[C@@H]4CCCNC4)n3n2)cc1. The van der Waals surface area contributed by atoms with Gasteiger partial charge in [0.1, 0.15) is 5.82 Å². The minimum Gasteiger partial charge on any atom is -0.366 e. The number of carbonyl (C=O) groups excluding carboxylic acids is 1. The maximum atomic E-state index is 11.2. The molecule has 3 aromatic rings. The molecule has 134 valence electrons. The van der Waals surface area contributed by atoms with Gasteiger partial charge in [-0.25, -0.2) is 0 Å². The first-order chi connectivity index (χ1) is 12.7. The van der Waals surface area contributed by atoms with Crippen LogP contribution >= 0.6 is 0 Å². The highest BCUT2D eigenvalue weighted by atomic mass is 16.1. The lowest BCUT2D eigenvalue weighted by atomic mass is 10.1. The van der Waals surface area contributed by atoms with E-state index in [4.69, 9.17) is 5.73 Å². The average Bonchev–Trinajstić information content (AvgIpc) is 3.06. The number of amides is 1. The number of nitrogens with two attached hydrogens (primary N) is 1. The van der Waals surface area contributed by atoms with Crippen LogP contribution in [0, 0.1) is 0 Å². The molecular formula is C18H21N7O. The minimum atomic E-state index is -0.449. The zero-order valence-corrected chi connectivity index (χ0v) is 14.3. The van der Waals surface area contributed by atoms with Gasteiger partial charge in [-0.1, -0.05) is 6.07 Å². The smallest absolute Gasteiger partial charge is 0.248 e. The van der Waals surface area contributed by atoms with Gasteiger partial charge in [-0.15, -0.1) is 5.10 Å². The molecule has 1 aromatic carbocycles. The van der Waals surface area contributed by atoms with Crippen LogP contribution in [-0.2, 0) is 0 Å². The molecule has 0 bridgehead atoms. The molecule has 1 aliphatic heterocycles. The molecule has 3 heterocycles. The number of hydrogen-bond donors (Lipinski definition) is 4. The lowest BCUT2D eigenvalue weighted by Crippen LogP contribution is -2.38. The lowest BCUT2D eigenvalue weighted by molar-refractivity contribution is 0.100. The van der Waals surface area contributed by atoms with Crippen LogP contribution in [0.25, 0.3) is 5.65 Å². The number of benzene rings is 1. The summed E-state index contributed by atoms with van der Waals surface area (Å²) in [6.45, 7) is 2.02. The van der Waals surface area contributed by atoms with E-state index in [-0.39, 0.29) is 0 Å². The fourth-order valence-electron chi connectivity index (χ4n) is 3.10. The molecule has 0 spiro atoms. The van der Waals surface area contributed by atoms with Crippen LogP contribution in [0.2, 0.25) is 0 Å². The van der Waals surface area contributed by atoms with Gasteiger partial charge in [0, 0.05) is 23.8 Å². The van der Waals surface area contributed by atoms with Gasteiger partial charge in [0.05, 0.1) is 0 Å². The predicted octanol–water partition coefficient (Wildman–Crippen LogP) is 1.74. The number of nitrogens with one attached hydrogen (secondary N) is 3. The highest BCUT2D eigenvalue weighted by molar-refractivity contribution is 5.93. The van der Waals surface area contributed by atoms with Gasteiger partial charge in [0.25, 0.3) is 0 Å². The van der Waals surface area contributed by atoms with Gasteiger partial charge in [-0.05, 0) is 55.8 Å². The topological polar surface area (TPSA) is 109 Å². The number of rotatable bonds is 5. The highest BCUT2D eigenvalue weighted by Crippen LogP contribution is 2.19. The lowest BCUT2D eigenvalue weighted by Gasteiger charge is -2.24. The molecule has 5 N–H and O–H groups in total. The Hall–Kier alpha value is -3.13. The first kappa shape index (κ1) is 16.3. The molecule has 1 fully saturated rings. The molecule has 0 unspecified atom stereocenters. The number of carbonyl (C=O) groups is 1. The summed E-state index contributed by atoms with van der Waals surface area (Å²) < 4.78 is 1.80. The normalized spacial score (nSPS) is 17.2. The van der Waals surface area contributed by atoms with Crippen molar-refractivity contribution in [1.82, 2.24) is 19.9 Å². The van der Waals surface area contributed by atoms with Crippen molar-refractivity contribution in [3.8, 4) is 0 Å². The second-order valence-corrected chi connectivity index (χ2v) is 6.37. The van der Waals surface area contributed by atoms with Gasteiger partial charge in [-0.3, -0.25) is 4.79 Å². The third-order valence-electron chi connectivity index (χ3n) is 4.43. The molecule has 1 amide bonds. The van der Waals surface area contributed by atoms with E-state index in [2.05, 4.69) is 26.0 Å². The van der Waals surface area contributed by atoms with Crippen molar-refractivity contribution in [3.05, 3.63) is 48.0 Å². The number of anilines is 3. The van der Waals surface area contributed by atoms with Crippen molar-refractivity contribution in [3.63, 3.8) is 0 Å². The molecule has 2 aromatic heterocycles. The zero-order chi connectivity index (χ0) is 17.9. The van der Waals surface area contributed by atoms with Crippen LogP contribution < -0.4 is 21.7 Å². The van der Waals surface area contributed by atoms with E-state index in [0.717, 1.165) is 36.7 Å².